The van der Waals surface area contributed by atoms with Crippen LogP contribution < -0.4 is 5.32 Å². The van der Waals surface area contributed by atoms with Crippen LogP contribution in [0, 0.1) is 5.92 Å². The maximum atomic E-state index is 12.5. The van der Waals surface area contributed by atoms with E-state index in [1.165, 1.54) is 0 Å². The van der Waals surface area contributed by atoms with E-state index in [2.05, 4.69) is 5.32 Å². The highest BCUT2D eigenvalue weighted by Crippen LogP contribution is 2.20. The number of hydrogen-bond acceptors (Lipinski definition) is 4. The second-order valence-corrected chi connectivity index (χ2v) is 7.11. The van der Waals surface area contributed by atoms with Gasteiger partial charge in [-0.1, -0.05) is 0 Å². The zero-order valence-electron chi connectivity index (χ0n) is 14.7. The van der Waals surface area contributed by atoms with Crippen molar-refractivity contribution in [1.82, 2.24) is 4.90 Å². The Morgan fingerprint density at radius 2 is 1.68 bits per heavy atom. The molecule has 0 saturated carbocycles. The highest BCUT2D eigenvalue weighted by molar-refractivity contribution is 5.95. The van der Waals surface area contributed by atoms with Crippen LogP contribution >= 0.6 is 0 Å². The number of hydrogen-bond donors (Lipinski definition) is 2. The SMILES string of the molecule is CC(C)(C)OC(=O)Nc1ccc(C(=O)N2CCC(C(=O)O)CC2)cc1. The van der Waals surface area contributed by atoms with E-state index >= 15 is 0 Å². The fourth-order valence-electron chi connectivity index (χ4n) is 2.63. The average Bonchev–Trinajstić information content (AvgIpc) is 2.53. The lowest BCUT2D eigenvalue weighted by Crippen LogP contribution is -2.40. The van der Waals surface area contributed by atoms with Crippen LogP contribution in [0.2, 0.25) is 0 Å². The number of rotatable bonds is 3. The van der Waals surface area contributed by atoms with Gasteiger partial charge in [-0.25, -0.2) is 4.79 Å². The van der Waals surface area contributed by atoms with Gasteiger partial charge < -0.3 is 14.7 Å². The number of ether oxygens (including phenoxy) is 1. The lowest BCUT2D eigenvalue weighted by atomic mass is 9.96. The van der Waals surface area contributed by atoms with Crippen LogP contribution in [0.3, 0.4) is 0 Å². The van der Waals surface area contributed by atoms with Gasteiger partial charge in [0.05, 0.1) is 5.92 Å². The highest BCUT2D eigenvalue weighted by Gasteiger charge is 2.27. The summed E-state index contributed by atoms with van der Waals surface area (Å²) in [5.74, 6) is -1.30. The van der Waals surface area contributed by atoms with Gasteiger partial charge in [-0.15, -0.1) is 0 Å². The van der Waals surface area contributed by atoms with E-state index in [4.69, 9.17) is 9.84 Å². The van der Waals surface area contributed by atoms with Crippen molar-refractivity contribution in [2.24, 2.45) is 5.92 Å². The summed E-state index contributed by atoms with van der Waals surface area (Å²) in [6.07, 6.45) is 0.390. The third-order valence-corrected chi connectivity index (χ3v) is 3.91. The van der Waals surface area contributed by atoms with E-state index in [9.17, 15) is 14.4 Å². The minimum absolute atomic E-state index is 0.132. The normalized spacial score (nSPS) is 15.6. The molecule has 25 heavy (non-hydrogen) atoms. The summed E-state index contributed by atoms with van der Waals surface area (Å²) in [5, 5.41) is 11.6. The number of carbonyl (C=O) groups excluding carboxylic acids is 2. The molecule has 0 aromatic heterocycles. The summed E-state index contributed by atoms with van der Waals surface area (Å²) >= 11 is 0. The molecule has 0 unspecified atom stereocenters. The highest BCUT2D eigenvalue weighted by atomic mass is 16.6. The Bertz CT molecular complexity index is 640. The van der Waals surface area contributed by atoms with E-state index in [1.807, 2.05) is 0 Å². The molecule has 1 aromatic rings. The van der Waals surface area contributed by atoms with Gasteiger partial charge in [0.2, 0.25) is 0 Å². The molecule has 1 aromatic carbocycles. The van der Waals surface area contributed by atoms with E-state index in [-0.39, 0.29) is 11.8 Å². The number of nitrogens with one attached hydrogen (secondary N) is 1. The third-order valence-electron chi connectivity index (χ3n) is 3.91. The molecule has 0 bridgehead atoms. The summed E-state index contributed by atoms with van der Waals surface area (Å²) in [6, 6.07) is 6.55. The molecule has 1 heterocycles. The summed E-state index contributed by atoms with van der Waals surface area (Å²) in [4.78, 5) is 36.8. The van der Waals surface area contributed by atoms with Crippen LogP contribution in [0.25, 0.3) is 0 Å². The summed E-state index contributed by atoms with van der Waals surface area (Å²) < 4.78 is 5.17. The minimum Gasteiger partial charge on any atom is -0.481 e. The topological polar surface area (TPSA) is 95.9 Å². The van der Waals surface area contributed by atoms with Gasteiger partial charge in [-0.05, 0) is 57.9 Å². The van der Waals surface area contributed by atoms with Crippen molar-refractivity contribution in [2.45, 2.75) is 39.2 Å². The van der Waals surface area contributed by atoms with Crippen molar-refractivity contribution in [3.05, 3.63) is 29.8 Å². The second-order valence-electron chi connectivity index (χ2n) is 7.11. The van der Waals surface area contributed by atoms with Gasteiger partial charge in [0.1, 0.15) is 5.60 Å². The number of aliphatic carboxylic acids is 1. The van der Waals surface area contributed by atoms with Crippen molar-refractivity contribution in [2.75, 3.05) is 18.4 Å². The number of anilines is 1. The first-order valence-corrected chi connectivity index (χ1v) is 8.28. The quantitative estimate of drug-likeness (QED) is 0.875. The molecule has 7 heteroatoms. The van der Waals surface area contributed by atoms with Gasteiger partial charge in [0.25, 0.3) is 5.91 Å². The average molecular weight is 348 g/mol. The van der Waals surface area contributed by atoms with Gasteiger partial charge in [-0.3, -0.25) is 14.9 Å². The van der Waals surface area contributed by atoms with Crippen molar-refractivity contribution in [3.63, 3.8) is 0 Å². The van der Waals surface area contributed by atoms with Crippen LogP contribution in [-0.4, -0.2) is 46.7 Å². The molecule has 0 aliphatic carbocycles. The fraction of sp³-hybridized carbons (Fsp3) is 0.500. The second kappa shape index (κ2) is 7.55. The molecule has 2 amide bonds. The molecule has 1 aliphatic heterocycles. The minimum atomic E-state index is -0.801. The monoisotopic (exact) mass is 348 g/mol. The lowest BCUT2D eigenvalue weighted by molar-refractivity contribution is -0.143. The van der Waals surface area contributed by atoms with Crippen LogP contribution in [0.1, 0.15) is 44.0 Å². The van der Waals surface area contributed by atoms with E-state index in [1.54, 1.807) is 49.9 Å². The van der Waals surface area contributed by atoms with Crippen LogP contribution in [0.4, 0.5) is 10.5 Å². The molecule has 2 rings (SSSR count). The van der Waals surface area contributed by atoms with Gasteiger partial charge in [0.15, 0.2) is 0 Å². The zero-order chi connectivity index (χ0) is 18.6. The predicted octanol–water partition coefficient (Wildman–Crippen LogP) is 2.97. The molecule has 0 spiro atoms. The number of piperidine rings is 1. The largest absolute Gasteiger partial charge is 0.481 e. The van der Waals surface area contributed by atoms with Crippen molar-refractivity contribution >= 4 is 23.7 Å². The molecule has 136 valence electrons. The fourth-order valence-corrected chi connectivity index (χ4v) is 2.63. The molecular weight excluding hydrogens is 324 g/mol. The van der Waals surface area contributed by atoms with Gasteiger partial charge in [0, 0.05) is 24.3 Å². The number of benzene rings is 1. The van der Waals surface area contributed by atoms with Crippen molar-refractivity contribution in [3.8, 4) is 0 Å². The lowest BCUT2D eigenvalue weighted by Gasteiger charge is -2.30. The van der Waals surface area contributed by atoms with E-state index in [0.717, 1.165) is 0 Å². The Hall–Kier alpha value is -2.57. The third kappa shape index (κ3) is 5.48. The number of carboxylic acid groups (broad SMARTS) is 1. The van der Waals surface area contributed by atoms with Crippen LogP contribution in [0.15, 0.2) is 24.3 Å². The van der Waals surface area contributed by atoms with Crippen LogP contribution in [-0.2, 0) is 9.53 Å². The van der Waals surface area contributed by atoms with Crippen molar-refractivity contribution < 1.29 is 24.2 Å². The molecular formula is C18H24N2O5. The first-order chi connectivity index (χ1) is 11.7. The summed E-state index contributed by atoms with van der Waals surface area (Å²) in [5.41, 5.74) is 0.459. The Morgan fingerprint density at radius 3 is 2.16 bits per heavy atom. The van der Waals surface area contributed by atoms with Crippen LogP contribution in [0.5, 0.6) is 0 Å². The molecule has 1 fully saturated rings. The zero-order valence-corrected chi connectivity index (χ0v) is 14.7. The molecule has 1 aliphatic rings. The Kier molecular flexibility index (Phi) is 5.66. The van der Waals surface area contributed by atoms with E-state index < -0.39 is 17.7 Å². The first-order valence-electron chi connectivity index (χ1n) is 8.28. The molecule has 2 N–H and O–H groups in total. The molecule has 0 radical (unpaired) electrons. The number of carbonyl (C=O) groups is 3. The predicted molar refractivity (Wildman–Crippen MR) is 92.6 cm³/mol. The molecule has 1 saturated heterocycles. The Labute approximate surface area is 147 Å². The van der Waals surface area contributed by atoms with Gasteiger partial charge >= 0.3 is 12.1 Å². The summed E-state index contributed by atoms with van der Waals surface area (Å²) in [6.45, 7) is 6.22. The maximum absolute atomic E-state index is 12.5. The molecule has 7 nitrogen and oxygen atoms in total. The van der Waals surface area contributed by atoms with E-state index in [0.29, 0.717) is 37.2 Å². The Balaban J connectivity index is 1.92. The maximum Gasteiger partial charge on any atom is 0.412 e. The van der Waals surface area contributed by atoms with Crippen molar-refractivity contribution in [1.29, 1.82) is 0 Å². The van der Waals surface area contributed by atoms with Gasteiger partial charge in [-0.2, -0.15) is 0 Å². The first kappa shape index (κ1) is 18.8. The smallest absolute Gasteiger partial charge is 0.412 e. The summed E-state index contributed by atoms with van der Waals surface area (Å²) in [7, 11) is 0. The standard InChI is InChI=1S/C18H24N2O5/c1-18(2,3)25-17(24)19-14-6-4-12(5-7-14)15(21)20-10-8-13(9-11-20)16(22)23/h4-7,13H,8-11H2,1-3H3,(H,19,24)(H,22,23). The molecule has 0 atom stereocenters. The Morgan fingerprint density at radius 1 is 1.12 bits per heavy atom. The number of nitrogens with zero attached hydrogens (tertiary/aromatic N) is 1. The number of amides is 2. The number of likely N-dealkylation sites (tertiary alicyclic amines) is 1. The number of carboxylic acids is 1.